The van der Waals surface area contributed by atoms with Gasteiger partial charge in [-0.15, -0.1) is 0 Å². The van der Waals surface area contributed by atoms with Crippen molar-refractivity contribution in [3.05, 3.63) is 200 Å². The van der Waals surface area contributed by atoms with Crippen LogP contribution in [-0.2, 0) is 0 Å². The van der Waals surface area contributed by atoms with Gasteiger partial charge >= 0.3 is 0 Å². The summed E-state index contributed by atoms with van der Waals surface area (Å²) >= 11 is 0. The van der Waals surface area contributed by atoms with E-state index in [-0.39, 0.29) is 0 Å². The second kappa shape index (κ2) is 12.7. The highest BCUT2D eigenvalue weighted by atomic mass is 15.0. The summed E-state index contributed by atoms with van der Waals surface area (Å²) in [7, 11) is 0. The zero-order valence-electron chi connectivity index (χ0n) is 32.3. The molecular weight excluding hydrogens is 731 g/mol. The molecule has 0 unspecified atom stereocenters. The minimum atomic E-state index is 0.648. The highest BCUT2D eigenvalue weighted by molar-refractivity contribution is 6.45. The van der Waals surface area contributed by atoms with Gasteiger partial charge in [0.1, 0.15) is 0 Å². The predicted octanol–water partition coefficient (Wildman–Crippen LogP) is 14.0. The summed E-state index contributed by atoms with van der Waals surface area (Å²) in [4.78, 5) is 14.8. The van der Waals surface area contributed by atoms with Gasteiger partial charge in [-0.2, -0.15) is 0 Å². The molecule has 5 nitrogen and oxygen atoms in total. The molecule has 4 heterocycles. The summed E-state index contributed by atoms with van der Waals surface area (Å²) in [6.07, 6.45) is 1.79. The Morgan fingerprint density at radius 3 is 1.40 bits per heavy atom. The van der Waals surface area contributed by atoms with Crippen LogP contribution in [-0.4, -0.2) is 24.1 Å². The first-order valence-electron chi connectivity index (χ1n) is 20.4. The smallest absolute Gasteiger partial charge is 0.163 e. The van der Waals surface area contributed by atoms with Crippen molar-refractivity contribution in [1.82, 2.24) is 24.1 Å². The molecule has 60 heavy (non-hydrogen) atoms. The Balaban J connectivity index is 1.15. The number of hydrogen-bond donors (Lipinski definition) is 0. The van der Waals surface area contributed by atoms with Crippen molar-refractivity contribution in [2.45, 2.75) is 0 Å². The van der Waals surface area contributed by atoms with Crippen LogP contribution in [0.15, 0.2) is 200 Å². The van der Waals surface area contributed by atoms with Crippen LogP contribution < -0.4 is 0 Å². The quantitative estimate of drug-likeness (QED) is 0.168. The summed E-state index contributed by atoms with van der Waals surface area (Å²) in [6, 6.07) is 69.6. The van der Waals surface area contributed by atoms with Crippen LogP contribution >= 0.6 is 0 Å². The van der Waals surface area contributed by atoms with Crippen molar-refractivity contribution < 1.29 is 0 Å². The predicted molar refractivity (Wildman–Crippen MR) is 249 cm³/mol. The lowest BCUT2D eigenvalue weighted by Crippen LogP contribution is -1.98. The van der Waals surface area contributed by atoms with E-state index < -0.39 is 0 Å². The number of aromatic nitrogens is 5. The fourth-order valence-corrected chi connectivity index (χ4v) is 9.88. The first-order valence-corrected chi connectivity index (χ1v) is 20.4. The Hall–Kier alpha value is -8.15. The van der Waals surface area contributed by atoms with Crippen molar-refractivity contribution in [3.63, 3.8) is 0 Å². The molecule has 0 aliphatic heterocycles. The first-order chi connectivity index (χ1) is 29.8. The Bertz CT molecular complexity index is 3860. The number of nitrogens with zero attached hydrogens (tertiary/aromatic N) is 5. The van der Waals surface area contributed by atoms with Gasteiger partial charge in [-0.1, -0.05) is 133 Å². The molecule has 278 valence electrons. The first kappa shape index (κ1) is 32.9. The van der Waals surface area contributed by atoms with E-state index in [2.05, 4.69) is 178 Å². The minimum Gasteiger partial charge on any atom is -0.309 e. The van der Waals surface area contributed by atoms with Crippen molar-refractivity contribution in [3.8, 4) is 34.0 Å². The molecule has 0 bridgehead atoms. The fourth-order valence-electron chi connectivity index (χ4n) is 9.88. The molecule has 0 atom stereocenters. The molecule has 4 aromatic heterocycles. The molecule has 0 N–H and O–H groups in total. The van der Waals surface area contributed by atoms with E-state index in [1.54, 1.807) is 6.20 Å². The summed E-state index contributed by atoms with van der Waals surface area (Å²) in [5.41, 5.74) is 10.5. The van der Waals surface area contributed by atoms with E-state index in [1.807, 2.05) is 30.3 Å². The van der Waals surface area contributed by atoms with E-state index in [1.165, 1.54) is 70.4 Å². The lowest BCUT2D eigenvalue weighted by Gasteiger charge is -2.16. The number of rotatable bonds is 4. The highest BCUT2D eigenvalue weighted by Crippen LogP contribution is 2.50. The van der Waals surface area contributed by atoms with E-state index >= 15 is 0 Å². The van der Waals surface area contributed by atoms with Gasteiger partial charge in [0.25, 0.3) is 0 Å². The van der Waals surface area contributed by atoms with Gasteiger partial charge in [0.05, 0.1) is 27.8 Å². The number of hydrogen-bond acceptors (Lipinski definition) is 3. The van der Waals surface area contributed by atoms with Crippen LogP contribution in [0.5, 0.6) is 0 Å². The number of fused-ring (bicyclic) bond motifs is 16. The molecule has 0 spiro atoms. The van der Waals surface area contributed by atoms with Gasteiger partial charge < -0.3 is 9.13 Å². The number of pyridine rings is 1. The second-order valence-electron chi connectivity index (χ2n) is 15.5. The molecule has 5 heteroatoms. The molecule has 9 aromatic carbocycles. The zero-order chi connectivity index (χ0) is 39.3. The monoisotopic (exact) mass is 763 g/mol. The maximum absolute atomic E-state index is 5.15. The third-order valence-electron chi connectivity index (χ3n) is 12.3. The van der Waals surface area contributed by atoms with Crippen LogP contribution in [0, 0.1) is 0 Å². The number of para-hydroxylation sites is 3. The molecule has 0 amide bonds. The Labute approximate surface area is 344 Å². The topological polar surface area (TPSA) is 48.5 Å². The van der Waals surface area contributed by atoms with Gasteiger partial charge in [-0.05, 0) is 76.8 Å². The van der Waals surface area contributed by atoms with Crippen molar-refractivity contribution in [2.75, 3.05) is 0 Å². The summed E-state index contributed by atoms with van der Waals surface area (Å²) < 4.78 is 4.94. The highest BCUT2D eigenvalue weighted by Gasteiger charge is 2.26. The maximum atomic E-state index is 5.15. The van der Waals surface area contributed by atoms with Crippen LogP contribution in [0.4, 0.5) is 0 Å². The Morgan fingerprint density at radius 1 is 0.317 bits per heavy atom. The van der Waals surface area contributed by atoms with E-state index in [0.29, 0.717) is 11.5 Å². The minimum absolute atomic E-state index is 0.648. The van der Waals surface area contributed by atoms with Gasteiger partial charge in [0.2, 0.25) is 0 Å². The lowest BCUT2D eigenvalue weighted by atomic mass is 9.89. The average molecular weight is 764 g/mol. The summed E-state index contributed by atoms with van der Waals surface area (Å²) in [5.74, 6) is 0.648. The van der Waals surface area contributed by atoms with Gasteiger partial charge in [-0.25, -0.2) is 15.0 Å². The molecule has 0 aliphatic rings. The molecule has 0 radical (unpaired) electrons. The normalized spacial score (nSPS) is 12.0. The van der Waals surface area contributed by atoms with Crippen LogP contribution in [0.1, 0.15) is 0 Å². The van der Waals surface area contributed by atoms with E-state index in [4.69, 9.17) is 9.97 Å². The van der Waals surface area contributed by atoms with Gasteiger partial charge in [0, 0.05) is 71.8 Å². The molecule has 0 saturated heterocycles. The Kier molecular flexibility index (Phi) is 6.95. The van der Waals surface area contributed by atoms with Crippen LogP contribution in [0.3, 0.4) is 0 Å². The number of benzene rings is 9. The third kappa shape index (κ3) is 4.60. The largest absolute Gasteiger partial charge is 0.309 e. The maximum Gasteiger partial charge on any atom is 0.163 e. The van der Waals surface area contributed by atoms with Gasteiger partial charge in [0.15, 0.2) is 11.5 Å². The molecule has 13 rings (SSSR count). The molecular formula is C55H33N5. The van der Waals surface area contributed by atoms with Crippen LogP contribution in [0.25, 0.3) is 121 Å². The lowest BCUT2D eigenvalue weighted by molar-refractivity contribution is 1.17. The second-order valence-corrected chi connectivity index (χ2v) is 15.5. The van der Waals surface area contributed by atoms with Crippen LogP contribution in [0.2, 0.25) is 0 Å². The van der Waals surface area contributed by atoms with Crippen molar-refractivity contribution in [2.24, 2.45) is 0 Å². The Morgan fingerprint density at radius 2 is 0.800 bits per heavy atom. The summed E-state index contributed by atoms with van der Waals surface area (Å²) in [6.45, 7) is 0. The average Bonchev–Trinajstić information content (AvgIpc) is 3.86. The van der Waals surface area contributed by atoms with Crippen molar-refractivity contribution in [1.29, 1.82) is 0 Å². The molecule has 13 aromatic rings. The molecule has 0 saturated carbocycles. The SMILES string of the molecule is c1ccc(-c2nc(-c3ccc(-n4c5ccccc5c5c6c(c7ccccc7c7c6c6ccccc6n7-c6ccccc6)c6ccccc6c54)cc3)nc3ncccc23)cc1. The molecule has 0 aliphatic carbocycles. The fraction of sp³-hybridized carbons (Fsp3) is 0. The molecule has 0 fully saturated rings. The standard InChI is InChI=1S/C55H33N5/c1-3-16-34(17-4-1)51-44-26-15-33-56-55(44)58-54(57-51)35-29-31-37(32-30-35)60-46-28-14-12-25-43(46)49-50-47(39-21-8-10-23-41(39)53(49)60)38-20-7-9-22-40(38)52-48(50)42-24-11-13-27-45(42)59(52)36-18-5-2-6-19-36/h1-33H. The zero-order valence-corrected chi connectivity index (χ0v) is 32.3. The van der Waals surface area contributed by atoms with E-state index in [0.717, 1.165) is 39.1 Å². The summed E-state index contributed by atoms with van der Waals surface area (Å²) in [5, 5.41) is 13.4. The van der Waals surface area contributed by atoms with Gasteiger partial charge in [-0.3, -0.25) is 0 Å². The third-order valence-corrected chi connectivity index (χ3v) is 12.3. The van der Waals surface area contributed by atoms with Crippen molar-refractivity contribution >= 4 is 87.0 Å². The van der Waals surface area contributed by atoms with E-state index in [9.17, 15) is 0 Å².